The normalized spacial score (nSPS) is 9.75. The van der Waals surface area contributed by atoms with E-state index in [9.17, 15) is 0 Å². The van der Waals surface area contributed by atoms with Crippen LogP contribution < -0.4 is 0 Å². The second kappa shape index (κ2) is 3.99. The molecular weight excluding hydrogens is 202 g/mol. The smallest absolute Gasteiger partial charge is 0.159 e. The van der Waals surface area contributed by atoms with Gasteiger partial charge in [-0.05, 0) is 24.6 Å². The molecule has 0 saturated carbocycles. The maximum Gasteiger partial charge on any atom is 0.159 e. The number of hydrogen-bond donors (Lipinski definition) is 0. The summed E-state index contributed by atoms with van der Waals surface area (Å²) in [5.41, 5.74) is 2.77. The van der Waals surface area contributed by atoms with E-state index in [0.717, 1.165) is 5.56 Å². The molecule has 0 aliphatic carbocycles. The van der Waals surface area contributed by atoms with Gasteiger partial charge in [-0.25, -0.2) is 0 Å². The summed E-state index contributed by atoms with van der Waals surface area (Å²) in [5, 5.41) is 12.6. The van der Waals surface area contributed by atoms with Gasteiger partial charge in [-0.2, -0.15) is 5.26 Å². The van der Waals surface area contributed by atoms with Crippen LogP contribution in [-0.2, 0) is 0 Å². The van der Waals surface area contributed by atoms with E-state index < -0.39 is 0 Å². The molecule has 2 aromatic rings. The van der Waals surface area contributed by atoms with E-state index in [-0.39, 0.29) is 0 Å². The van der Waals surface area contributed by atoms with Crippen molar-refractivity contribution in [3.63, 3.8) is 0 Å². The average Bonchev–Trinajstić information content (AvgIpc) is 2.77. The zero-order valence-electron chi connectivity index (χ0n) is 8.77. The van der Waals surface area contributed by atoms with Gasteiger partial charge in [0.05, 0.1) is 11.3 Å². The van der Waals surface area contributed by atoms with Gasteiger partial charge in [0.25, 0.3) is 0 Å². The van der Waals surface area contributed by atoms with E-state index in [1.165, 1.54) is 6.20 Å². The van der Waals surface area contributed by atoms with Crippen molar-refractivity contribution >= 4 is 6.08 Å². The molecule has 0 atom stereocenters. The van der Waals surface area contributed by atoms with Gasteiger partial charge < -0.3 is 4.52 Å². The van der Waals surface area contributed by atoms with Gasteiger partial charge in [0.1, 0.15) is 11.8 Å². The minimum absolute atomic E-state index is 0.566. The summed E-state index contributed by atoms with van der Waals surface area (Å²) >= 11 is 0. The van der Waals surface area contributed by atoms with E-state index >= 15 is 0 Å². The molecule has 2 heterocycles. The van der Waals surface area contributed by atoms with Crippen molar-refractivity contribution in [3.05, 3.63) is 41.8 Å². The van der Waals surface area contributed by atoms with E-state index in [1.54, 1.807) is 12.1 Å². The van der Waals surface area contributed by atoms with Crippen LogP contribution in [0.15, 0.2) is 29.4 Å². The number of rotatable bonds is 2. The van der Waals surface area contributed by atoms with Crippen molar-refractivity contribution in [2.75, 3.05) is 0 Å². The van der Waals surface area contributed by atoms with E-state index in [1.807, 2.05) is 13.0 Å². The van der Waals surface area contributed by atoms with Crippen LogP contribution in [0.25, 0.3) is 17.5 Å². The summed E-state index contributed by atoms with van der Waals surface area (Å²) < 4.78 is 4.99. The Hall–Kier alpha value is -2.41. The molecule has 0 bridgehead atoms. The van der Waals surface area contributed by atoms with Crippen molar-refractivity contribution in [1.29, 1.82) is 5.26 Å². The van der Waals surface area contributed by atoms with E-state index in [0.29, 0.717) is 22.7 Å². The maximum absolute atomic E-state index is 8.78. The monoisotopic (exact) mass is 211 g/mol. The minimum Gasteiger partial charge on any atom is -0.356 e. The zero-order valence-corrected chi connectivity index (χ0v) is 8.77. The first-order valence-corrected chi connectivity index (χ1v) is 4.71. The molecule has 0 N–H and O–H groups in total. The highest BCUT2D eigenvalue weighted by atomic mass is 16.5. The largest absolute Gasteiger partial charge is 0.356 e. The minimum atomic E-state index is 0.566. The van der Waals surface area contributed by atoms with Gasteiger partial charge in [-0.3, -0.25) is 4.98 Å². The zero-order chi connectivity index (χ0) is 11.5. The molecule has 2 aromatic heterocycles. The molecule has 0 aromatic carbocycles. The predicted molar refractivity (Wildman–Crippen MR) is 59.3 cm³/mol. The molecule has 0 aliphatic rings. The Balaban J connectivity index is 2.45. The lowest BCUT2D eigenvalue weighted by molar-refractivity contribution is 0.415. The first-order chi connectivity index (χ1) is 7.74. The van der Waals surface area contributed by atoms with Crippen LogP contribution in [0.4, 0.5) is 0 Å². The molecule has 4 heteroatoms. The Kier molecular flexibility index (Phi) is 2.52. The molecule has 0 unspecified atom stereocenters. The third kappa shape index (κ3) is 1.71. The summed E-state index contributed by atoms with van der Waals surface area (Å²) in [6.07, 6.45) is 3.11. The standard InChI is InChI=1S/C12H9N3O/c1-3-10-5-12(15-16-10)11-4-8(2)9(6-13)7-14-11/h3-5,7H,1H2,2H3. The first-order valence-electron chi connectivity index (χ1n) is 4.71. The molecule has 0 radical (unpaired) electrons. The van der Waals surface area contributed by atoms with Crippen LogP contribution in [0.3, 0.4) is 0 Å². The van der Waals surface area contributed by atoms with Crippen molar-refractivity contribution in [2.24, 2.45) is 0 Å². The highest BCUT2D eigenvalue weighted by Crippen LogP contribution is 2.19. The molecule has 4 nitrogen and oxygen atoms in total. The summed E-state index contributed by atoms with van der Waals surface area (Å²) in [6.45, 7) is 5.45. The van der Waals surface area contributed by atoms with Crippen molar-refractivity contribution < 1.29 is 4.52 Å². The Labute approximate surface area is 92.8 Å². The number of pyridine rings is 1. The number of aromatic nitrogens is 2. The van der Waals surface area contributed by atoms with Crippen molar-refractivity contribution in [1.82, 2.24) is 10.1 Å². The van der Waals surface area contributed by atoms with E-state index in [2.05, 4.69) is 22.8 Å². The third-order valence-corrected chi connectivity index (χ3v) is 2.22. The molecule has 0 fully saturated rings. The summed E-state index contributed by atoms with van der Waals surface area (Å²) in [7, 11) is 0. The summed E-state index contributed by atoms with van der Waals surface area (Å²) in [5.74, 6) is 0.596. The van der Waals surface area contributed by atoms with Crippen LogP contribution in [0, 0.1) is 18.3 Å². The molecular formula is C12H9N3O. The lowest BCUT2D eigenvalue weighted by atomic mass is 10.1. The fourth-order valence-electron chi connectivity index (χ4n) is 1.32. The number of hydrogen-bond acceptors (Lipinski definition) is 4. The van der Waals surface area contributed by atoms with Gasteiger partial charge in [0.15, 0.2) is 5.76 Å². The second-order valence-corrected chi connectivity index (χ2v) is 3.31. The molecule has 16 heavy (non-hydrogen) atoms. The third-order valence-electron chi connectivity index (χ3n) is 2.22. The predicted octanol–water partition coefficient (Wildman–Crippen LogP) is 2.56. The Bertz CT molecular complexity index is 578. The Morgan fingerprint density at radius 2 is 2.25 bits per heavy atom. The fraction of sp³-hybridized carbons (Fsp3) is 0.0833. The highest BCUT2D eigenvalue weighted by molar-refractivity contribution is 5.59. The molecule has 78 valence electrons. The van der Waals surface area contributed by atoms with Gasteiger partial charge in [-0.15, -0.1) is 0 Å². The number of nitriles is 1. The average molecular weight is 211 g/mol. The lowest BCUT2D eigenvalue weighted by Gasteiger charge is -1.98. The topological polar surface area (TPSA) is 62.7 Å². The van der Waals surface area contributed by atoms with Gasteiger partial charge in [0, 0.05) is 12.3 Å². The van der Waals surface area contributed by atoms with Crippen LogP contribution in [-0.4, -0.2) is 10.1 Å². The molecule has 0 spiro atoms. The number of nitrogens with zero attached hydrogens (tertiary/aromatic N) is 3. The fourth-order valence-corrected chi connectivity index (χ4v) is 1.32. The van der Waals surface area contributed by atoms with Crippen molar-refractivity contribution in [3.8, 4) is 17.5 Å². The van der Waals surface area contributed by atoms with Gasteiger partial charge in [0.2, 0.25) is 0 Å². The quantitative estimate of drug-likeness (QED) is 0.765. The van der Waals surface area contributed by atoms with Crippen LogP contribution in [0.5, 0.6) is 0 Å². The molecule has 0 aliphatic heterocycles. The summed E-state index contributed by atoms with van der Waals surface area (Å²) in [6, 6.07) is 5.63. The lowest BCUT2D eigenvalue weighted by Crippen LogP contribution is -1.88. The maximum atomic E-state index is 8.78. The van der Waals surface area contributed by atoms with E-state index in [4.69, 9.17) is 9.78 Å². The SMILES string of the molecule is C=Cc1cc(-c2cc(C)c(C#N)cn2)no1. The highest BCUT2D eigenvalue weighted by Gasteiger charge is 2.07. The van der Waals surface area contributed by atoms with Gasteiger partial charge >= 0.3 is 0 Å². The van der Waals surface area contributed by atoms with Crippen molar-refractivity contribution in [2.45, 2.75) is 6.92 Å². The van der Waals surface area contributed by atoms with Crippen LogP contribution in [0.1, 0.15) is 16.9 Å². The Morgan fingerprint density at radius 1 is 1.44 bits per heavy atom. The number of aryl methyl sites for hydroxylation is 1. The van der Waals surface area contributed by atoms with Gasteiger partial charge in [-0.1, -0.05) is 11.7 Å². The second-order valence-electron chi connectivity index (χ2n) is 3.31. The van der Waals surface area contributed by atoms with Crippen LogP contribution in [0.2, 0.25) is 0 Å². The van der Waals surface area contributed by atoms with Crippen LogP contribution >= 0.6 is 0 Å². The molecule has 0 amide bonds. The Morgan fingerprint density at radius 3 is 2.81 bits per heavy atom. The first kappa shape index (κ1) is 10.1. The summed E-state index contributed by atoms with van der Waals surface area (Å²) in [4.78, 5) is 4.15. The molecule has 0 saturated heterocycles. The molecule has 2 rings (SSSR count).